The molecule has 3 aromatic rings. The van der Waals surface area contributed by atoms with Crippen molar-refractivity contribution in [2.45, 2.75) is 62.8 Å². The highest BCUT2D eigenvalue weighted by atomic mass is 19.3. The van der Waals surface area contributed by atoms with Gasteiger partial charge in [-0.3, -0.25) is 9.88 Å². The van der Waals surface area contributed by atoms with E-state index in [1.165, 1.54) is 18.3 Å². The first-order chi connectivity index (χ1) is 19.4. The average molecular weight is 559 g/mol. The molecule has 0 amide bonds. The lowest BCUT2D eigenvalue weighted by Crippen LogP contribution is -2.51. The molecule has 12 heteroatoms. The molecule has 7 rings (SSSR count). The lowest BCUT2D eigenvalue weighted by atomic mass is 9.95. The van der Waals surface area contributed by atoms with Crippen LogP contribution < -0.4 is 19.7 Å². The van der Waals surface area contributed by atoms with E-state index in [1.54, 1.807) is 0 Å². The van der Waals surface area contributed by atoms with Crippen molar-refractivity contribution in [2.24, 2.45) is 0 Å². The van der Waals surface area contributed by atoms with Gasteiger partial charge >= 0.3 is 12.6 Å². The normalized spacial score (nSPS) is 23.8. The van der Waals surface area contributed by atoms with Gasteiger partial charge in [0.15, 0.2) is 17.4 Å². The van der Waals surface area contributed by atoms with Crippen LogP contribution in [0.5, 0.6) is 11.8 Å². The number of ether oxygens (including phenoxy) is 2. The molecule has 212 valence electrons. The molecule has 4 aliphatic heterocycles. The number of fused-ring (bicyclic) bond motifs is 4. The van der Waals surface area contributed by atoms with Crippen molar-refractivity contribution in [2.75, 3.05) is 37.7 Å². The number of rotatable bonds is 7. The van der Waals surface area contributed by atoms with Crippen LogP contribution in [0.4, 0.5) is 23.4 Å². The molecule has 2 atom stereocenters. The minimum absolute atomic E-state index is 0.0563. The summed E-state index contributed by atoms with van der Waals surface area (Å²) in [5.41, 5.74) is -0.684. The minimum atomic E-state index is -3.29. The average Bonchev–Trinajstić information content (AvgIpc) is 3.62. The zero-order chi connectivity index (χ0) is 27.4. The number of hydrogen-bond acceptors (Lipinski definition) is 8. The lowest BCUT2D eigenvalue weighted by molar-refractivity contribution is -0.0518. The van der Waals surface area contributed by atoms with Gasteiger partial charge in [-0.1, -0.05) is 6.07 Å². The summed E-state index contributed by atoms with van der Waals surface area (Å²) in [6.07, 6.45) is 7.80. The Morgan fingerprint density at radius 1 is 1.05 bits per heavy atom. The van der Waals surface area contributed by atoms with E-state index in [1.807, 2.05) is 0 Å². The molecule has 4 aliphatic rings. The molecule has 0 radical (unpaired) electrons. The molecule has 1 aromatic carbocycles. The summed E-state index contributed by atoms with van der Waals surface area (Å²) >= 11 is 0. The van der Waals surface area contributed by atoms with Crippen LogP contribution in [-0.2, 0) is 0 Å². The van der Waals surface area contributed by atoms with Gasteiger partial charge < -0.3 is 19.7 Å². The van der Waals surface area contributed by atoms with Crippen molar-refractivity contribution < 1.29 is 27.0 Å². The van der Waals surface area contributed by atoms with E-state index in [0.717, 1.165) is 57.7 Å². The van der Waals surface area contributed by atoms with Crippen molar-refractivity contribution in [3.63, 3.8) is 0 Å². The van der Waals surface area contributed by atoms with Crippen LogP contribution in [0.2, 0.25) is 0 Å². The molecule has 6 heterocycles. The van der Waals surface area contributed by atoms with E-state index in [2.05, 4.69) is 29.8 Å². The van der Waals surface area contributed by atoms with E-state index in [4.69, 9.17) is 9.72 Å². The van der Waals surface area contributed by atoms with E-state index in [-0.39, 0.29) is 28.3 Å². The number of piperazine rings is 1. The van der Waals surface area contributed by atoms with Gasteiger partial charge in [-0.2, -0.15) is 18.7 Å². The third kappa shape index (κ3) is 4.41. The molecule has 1 N–H and O–H groups in total. The number of benzene rings is 1. The highest BCUT2D eigenvalue weighted by Gasteiger charge is 2.45. The number of aromatic nitrogens is 3. The molecule has 4 fully saturated rings. The van der Waals surface area contributed by atoms with Crippen LogP contribution in [0.1, 0.15) is 38.5 Å². The second-order valence-electron chi connectivity index (χ2n) is 11.3. The first-order valence-electron chi connectivity index (χ1n) is 13.9. The van der Waals surface area contributed by atoms with Crippen molar-refractivity contribution in [1.82, 2.24) is 25.2 Å². The van der Waals surface area contributed by atoms with Gasteiger partial charge in [-0.15, -0.1) is 0 Å². The topological polar surface area (TPSA) is 75.6 Å². The van der Waals surface area contributed by atoms with Gasteiger partial charge in [0.2, 0.25) is 0 Å². The third-order valence-electron chi connectivity index (χ3n) is 8.87. The number of nitrogens with zero attached hydrogens (tertiary/aromatic N) is 5. The van der Waals surface area contributed by atoms with Crippen molar-refractivity contribution in [3.05, 3.63) is 36.0 Å². The summed E-state index contributed by atoms with van der Waals surface area (Å²) in [6, 6.07) is 4.21. The molecule has 8 nitrogen and oxygen atoms in total. The van der Waals surface area contributed by atoms with E-state index >= 15 is 4.39 Å². The molecular formula is C28H30F4N6O2. The molecule has 4 saturated heterocycles. The molecule has 2 aromatic heterocycles. The fourth-order valence-electron chi connectivity index (χ4n) is 7.05. The molecule has 0 aliphatic carbocycles. The number of alkyl halides is 2. The quantitative estimate of drug-likeness (QED) is 0.425. The summed E-state index contributed by atoms with van der Waals surface area (Å²) in [6.45, 7) is 0.578. The molecule has 0 saturated carbocycles. The number of halogens is 4. The molecule has 2 bridgehead atoms. The Morgan fingerprint density at radius 2 is 1.80 bits per heavy atom. The number of pyridine rings is 1. The highest BCUT2D eigenvalue weighted by Crippen LogP contribution is 2.41. The summed E-state index contributed by atoms with van der Waals surface area (Å²) in [5, 5.41) is 3.96. The van der Waals surface area contributed by atoms with Crippen LogP contribution in [0.25, 0.3) is 22.2 Å². The zero-order valence-electron chi connectivity index (χ0n) is 21.9. The van der Waals surface area contributed by atoms with E-state index in [9.17, 15) is 13.2 Å². The van der Waals surface area contributed by atoms with Gasteiger partial charge in [0.25, 0.3) is 0 Å². The molecular weight excluding hydrogens is 528 g/mol. The number of para-hydroxylation sites is 1. The molecule has 40 heavy (non-hydrogen) atoms. The van der Waals surface area contributed by atoms with Gasteiger partial charge in [-0.25, -0.2) is 8.78 Å². The summed E-state index contributed by atoms with van der Waals surface area (Å²) in [7, 11) is 0. The first kappa shape index (κ1) is 25.7. The standard InChI is InChI=1S/C28H30F4N6O2/c29-20-5-1-4-18(24(20)40-26(31)32)22-21(30)23-19(12-33-22)25(37-13-16-6-7-17(14-37)34-16)36-27(35-23)39-15-28-8-2-10-38(28)11-3-9-28/h1,4-5,12,16-17,26,34H,2-3,6-11,13-15H2/t16-,17+. The molecule has 0 unspecified atom stereocenters. The van der Waals surface area contributed by atoms with Crippen LogP contribution in [0.15, 0.2) is 24.4 Å². The zero-order valence-corrected chi connectivity index (χ0v) is 21.9. The Balaban J connectivity index is 1.32. The lowest BCUT2D eigenvalue weighted by Gasteiger charge is -2.34. The van der Waals surface area contributed by atoms with Crippen LogP contribution >= 0.6 is 0 Å². The Labute approximate surface area is 228 Å². The van der Waals surface area contributed by atoms with Gasteiger partial charge in [0.1, 0.15) is 23.6 Å². The first-order valence-corrected chi connectivity index (χ1v) is 13.9. The van der Waals surface area contributed by atoms with Crippen molar-refractivity contribution in [3.8, 4) is 23.0 Å². The largest absolute Gasteiger partial charge is 0.461 e. The van der Waals surface area contributed by atoms with Crippen LogP contribution in [0, 0.1) is 11.6 Å². The van der Waals surface area contributed by atoms with E-state index in [0.29, 0.717) is 43.0 Å². The fraction of sp³-hybridized carbons (Fsp3) is 0.536. The maximum absolute atomic E-state index is 16.2. The maximum atomic E-state index is 16.2. The second kappa shape index (κ2) is 9.99. The monoisotopic (exact) mass is 558 g/mol. The van der Waals surface area contributed by atoms with Gasteiger partial charge in [-0.05, 0) is 63.7 Å². The Hall–Kier alpha value is -3.25. The predicted octanol–water partition coefficient (Wildman–Crippen LogP) is 4.52. The number of nitrogens with one attached hydrogen (secondary N) is 1. The van der Waals surface area contributed by atoms with Crippen molar-refractivity contribution in [1.29, 1.82) is 0 Å². The Morgan fingerprint density at radius 3 is 2.52 bits per heavy atom. The summed E-state index contributed by atoms with van der Waals surface area (Å²) in [4.78, 5) is 18.0. The third-order valence-corrected chi connectivity index (χ3v) is 8.87. The number of anilines is 1. The summed E-state index contributed by atoms with van der Waals surface area (Å²) in [5.74, 6) is -2.17. The van der Waals surface area contributed by atoms with E-state index < -0.39 is 24.0 Å². The van der Waals surface area contributed by atoms with Gasteiger partial charge in [0, 0.05) is 36.9 Å². The van der Waals surface area contributed by atoms with Crippen LogP contribution in [-0.4, -0.2) is 76.9 Å². The smallest absolute Gasteiger partial charge is 0.387 e. The number of hydrogen-bond donors (Lipinski definition) is 1. The fourth-order valence-corrected chi connectivity index (χ4v) is 7.05. The highest BCUT2D eigenvalue weighted by molar-refractivity contribution is 5.92. The maximum Gasteiger partial charge on any atom is 0.387 e. The van der Waals surface area contributed by atoms with Crippen molar-refractivity contribution >= 4 is 16.7 Å². The Bertz CT molecular complexity index is 1420. The summed E-state index contributed by atoms with van der Waals surface area (Å²) < 4.78 is 67.5. The predicted molar refractivity (Wildman–Crippen MR) is 140 cm³/mol. The Kier molecular flexibility index (Phi) is 6.42. The minimum Gasteiger partial charge on any atom is -0.461 e. The molecule has 0 spiro atoms. The second-order valence-corrected chi connectivity index (χ2v) is 11.3. The van der Waals surface area contributed by atoms with Crippen LogP contribution in [0.3, 0.4) is 0 Å². The van der Waals surface area contributed by atoms with Gasteiger partial charge in [0.05, 0.1) is 10.9 Å². The SMILES string of the molecule is Fc1cccc(-c2ncc3c(N4C[C@H]5CC[C@@H](C4)N5)nc(OCC45CCCN4CCC5)nc3c2F)c1OC(F)F.